The van der Waals surface area contributed by atoms with E-state index in [0.717, 1.165) is 19.3 Å². The maximum Gasteiger partial charge on any atom is 0.573 e. The number of esters is 1. The van der Waals surface area contributed by atoms with Crippen molar-refractivity contribution in [2.75, 3.05) is 13.7 Å². The molecule has 148 valence electrons. The lowest BCUT2D eigenvalue weighted by molar-refractivity contribution is -0.274. The second-order valence-corrected chi connectivity index (χ2v) is 5.21. The van der Waals surface area contributed by atoms with Gasteiger partial charge in [-0.1, -0.05) is 18.6 Å². The third-order valence-electron chi connectivity index (χ3n) is 3.18. The molecule has 3 N–H and O–H groups in total. The first kappa shape index (κ1) is 24.3. The van der Waals surface area contributed by atoms with Gasteiger partial charge in [-0.05, 0) is 30.5 Å². The van der Waals surface area contributed by atoms with Gasteiger partial charge < -0.3 is 20.5 Å². The molecular weight excluding hydrogens is 466 g/mol. The molecule has 1 aromatic carbocycles. The highest BCUT2D eigenvalue weighted by molar-refractivity contribution is 14.0. The lowest BCUT2D eigenvalue weighted by Crippen LogP contribution is -2.32. The van der Waals surface area contributed by atoms with Crippen molar-refractivity contribution in [2.24, 2.45) is 10.7 Å². The van der Waals surface area contributed by atoms with E-state index in [0.29, 0.717) is 18.5 Å². The molecule has 0 heterocycles. The number of aliphatic imine (C=N–C) groups is 1. The van der Waals surface area contributed by atoms with Crippen molar-refractivity contribution in [2.45, 2.75) is 38.6 Å². The van der Waals surface area contributed by atoms with Crippen LogP contribution in [0.15, 0.2) is 29.3 Å². The van der Waals surface area contributed by atoms with E-state index >= 15 is 0 Å². The standard InChI is InChI=1S/C16H22F3N3O3.HI/c1-24-14(23)5-3-2-4-10-21-15(20)22-11-12-6-8-13(9-7-12)25-16(17,18)19;/h6-9H,2-5,10-11H2,1H3,(H3,20,21,22);1H. The number of carbonyl (C=O) groups excluding carboxylic acids is 1. The van der Waals surface area contributed by atoms with Crippen LogP contribution in [0.1, 0.15) is 31.2 Å². The number of ether oxygens (including phenoxy) is 2. The first-order chi connectivity index (χ1) is 11.8. The minimum Gasteiger partial charge on any atom is -0.469 e. The number of nitrogens with one attached hydrogen (secondary N) is 1. The molecule has 1 aromatic rings. The summed E-state index contributed by atoms with van der Waals surface area (Å²) in [4.78, 5) is 15.0. The molecule has 0 spiro atoms. The molecule has 0 bridgehead atoms. The number of unbranched alkanes of at least 4 members (excludes halogenated alkanes) is 2. The fourth-order valence-corrected chi connectivity index (χ4v) is 1.92. The molecule has 26 heavy (non-hydrogen) atoms. The molecule has 0 aromatic heterocycles. The van der Waals surface area contributed by atoms with Crippen LogP contribution in [0.3, 0.4) is 0 Å². The van der Waals surface area contributed by atoms with E-state index < -0.39 is 6.36 Å². The van der Waals surface area contributed by atoms with E-state index in [2.05, 4.69) is 19.8 Å². The lowest BCUT2D eigenvalue weighted by atomic mass is 10.2. The highest BCUT2D eigenvalue weighted by atomic mass is 127. The summed E-state index contributed by atoms with van der Waals surface area (Å²) in [5.74, 6) is -0.248. The largest absolute Gasteiger partial charge is 0.573 e. The second kappa shape index (κ2) is 12.6. The molecule has 10 heteroatoms. The van der Waals surface area contributed by atoms with Crippen LogP contribution in [-0.2, 0) is 16.1 Å². The van der Waals surface area contributed by atoms with Crippen molar-refractivity contribution >= 4 is 35.9 Å². The normalized spacial score (nSPS) is 11.5. The van der Waals surface area contributed by atoms with Gasteiger partial charge in [0.2, 0.25) is 0 Å². The summed E-state index contributed by atoms with van der Waals surface area (Å²) in [5.41, 5.74) is 6.42. The maximum absolute atomic E-state index is 12.1. The minimum absolute atomic E-state index is 0. The number of nitrogens with zero attached hydrogens (tertiary/aromatic N) is 1. The minimum atomic E-state index is -4.70. The van der Waals surface area contributed by atoms with E-state index in [4.69, 9.17) is 5.73 Å². The molecule has 1 rings (SSSR count). The summed E-state index contributed by atoms with van der Waals surface area (Å²) in [6.07, 6.45) is -1.87. The predicted octanol–water partition coefficient (Wildman–Crippen LogP) is 3.34. The quantitative estimate of drug-likeness (QED) is 0.183. The van der Waals surface area contributed by atoms with Crippen LogP contribution in [0, 0.1) is 0 Å². The molecule has 0 saturated heterocycles. The average molecular weight is 489 g/mol. The first-order valence-electron chi connectivity index (χ1n) is 7.75. The third-order valence-corrected chi connectivity index (χ3v) is 3.18. The van der Waals surface area contributed by atoms with E-state index in [1.807, 2.05) is 0 Å². The average Bonchev–Trinajstić information content (AvgIpc) is 2.55. The third kappa shape index (κ3) is 11.8. The SMILES string of the molecule is COC(=O)CCCCCNC(N)=NCc1ccc(OC(F)(F)F)cc1.I. The smallest absolute Gasteiger partial charge is 0.469 e. The van der Waals surface area contributed by atoms with E-state index in [-0.39, 0.29) is 48.2 Å². The van der Waals surface area contributed by atoms with Crippen molar-refractivity contribution in [3.8, 4) is 5.75 Å². The molecule has 0 aliphatic rings. The zero-order valence-electron chi connectivity index (χ0n) is 14.3. The summed E-state index contributed by atoms with van der Waals surface area (Å²) in [5, 5.41) is 2.94. The van der Waals surface area contributed by atoms with Gasteiger partial charge in [-0.25, -0.2) is 4.99 Å². The van der Waals surface area contributed by atoms with Gasteiger partial charge in [-0.15, -0.1) is 37.1 Å². The van der Waals surface area contributed by atoms with Gasteiger partial charge in [0.15, 0.2) is 5.96 Å². The van der Waals surface area contributed by atoms with Crippen molar-refractivity contribution in [1.29, 1.82) is 0 Å². The highest BCUT2D eigenvalue weighted by Crippen LogP contribution is 2.22. The van der Waals surface area contributed by atoms with Crippen LogP contribution in [0.2, 0.25) is 0 Å². The summed E-state index contributed by atoms with van der Waals surface area (Å²) >= 11 is 0. The molecule has 0 radical (unpaired) electrons. The van der Waals surface area contributed by atoms with E-state index in [9.17, 15) is 18.0 Å². The van der Waals surface area contributed by atoms with Gasteiger partial charge in [-0.2, -0.15) is 0 Å². The van der Waals surface area contributed by atoms with E-state index in [1.54, 1.807) is 0 Å². The Morgan fingerprint density at radius 3 is 2.42 bits per heavy atom. The van der Waals surface area contributed by atoms with Crippen LogP contribution in [0.25, 0.3) is 0 Å². The van der Waals surface area contributed by atoms with Gasteiger partial charge in [0.25, 0.3) is 0 Å². The van der Waals surface area contributed by atoms with Crippen molar-refractivity contribution in [3.63, 3.8) is 0 Å². The fraction of sp³-hybridized carbons (Fsp3) is 0.500. The van der Waals surface area contributed by atoms with Gasteiger partial charge in [0, 0.05) is 13.0 Å². The van der Waals surface area contributed by atoms with Gasteiger partial charge in [0.1, 0.15) is 5.75 Å². The number of benzene rings is 1. The molecule has 0 fully saturated rings. The second-order valence-electron chi connectivity index (χ2n) is 5.21. The molecule has 6 nitrogen and oxygen atoms in total. The summed E-state index contributed by atoms with van der Waals surface area (Å²) in [6.45, 7) is 0.863. The summed E-state index contributed by atoms with van der Waals surface area (Å²) < 4.78 is 44.5. The Morgan fingerprint density at radius 1 is 1.19 bits per heavy atom. The number of carbonyl (C=O) groups is 1. The van der Waals surface area contributed by atoms with E-state index in [1.165, 1.54) is 31.4 Å². The zero-order chi connectivity index (χ0) is 18.7. The Bertz CT molecular complexity index is 566. The van der Waals surface area contributed by atoms with Crippen molar-refractivity contribution < 1.29 is 27.4 Å². The van der Waals surface area contributed by atoms with Crippen LogP contribution in [-0.4, -0.2) is 31.9 Å². The molecule has 0 amide bonds. The number of halogens is 4. The molecule has 0 unspecified atom stereocenters. The molecular formula is C16H23F3IN3O3. The Hall–Kier alpha value is -1.72. The Kier molecular flexibility index (Phi) is 11.8. The Balaban J connectivity index is 0.00000625. The maximum atomic E-state index is 12.1. The Labute approximate surface area is 167 Å². The zero-order valence-corrected chi connectivity index (χ0v) is 16.7. The van der Waals surface area contributed by atoms with Crippen LogP contribution >= 0.6 is 24.0 Å². The number of alkyl halides is 3. The number of rotatable bonds is 9. The fourth-order valence-electron chi connectivity index (χ4n) is 1.92. The molecule has 0 aliphatic heterocycles. The predicted molar refractivity (Wildman–Crippen MR) is 102 cm³/mol. The first-order valence-corrected chi connectivity index (χ1v) is 7.75. The van der Waals surface area contributed by atoms with Gasteiger partial charge in [-0.3, -0.25) is 4.79 Å². The molecule has 0 atom stereocenters. The van der Waals surface area contributed by atoms with Crippen LogP contribution in [0.5, 0.6) is 5.75 Å². The van der Waals surface area contributed by atoms with Crippen LogP contribution < -0.4 is 15.8 Å². The van der Waals surface area contributed by atoms with Crippen LogP contribution in [0.4, 0.5) is 13.2 Å². The topological polar surface area (TPSA) is 85.9 Å². The monoisotopic (exact) mass is 489 g/mol. The highest BCUT2D eigenvalue weighted by Gasteiger charge is 2.30. The van der Waals surface area contributed by atoms with Gasteiger partial charge >= 0.3 is 12.3 Å². The Morgan fingerprint density at radius 2 is 1.85 bits per heavy atom. The number of guanidine groups is 1. The molecule has 0 aliphatic carbocycles. The molecule has 0 saturated carbocycles. The van der Waals surface area contributed by atoms with Gasteiger partial charge in [0.05, 0.1) is 13.7 Å². The number of hydrogen-bond donors (Lipinski definition) is 2. The van der Waals surface area contributed by atoms with Crippen molar-refractivity contribution in [3.05, 3.63) is 29.8 Å². The number of hydrogen-bond acceptors (Lipinski definition) is 4. The summed E-state index contributed by atoms with van der Waals surface area (Å²) in [7, 11) is 1.36. The number of methoxy groups -OCH3 is 1. The number of nitrogens with two attached hydrogens (primary N) is 1. The summed E-state index contributed by atoms with van der Waals surface area (Å²) in [6, 6.07) is 5.43. The van der Waals surface area contributed by atoms with Crippen molar-refractivity contribution in [1.82, 2.24) is 5.32 Å². The lowest BCUT2D eigenvalue weighted by Gasteiger charge is -2.09.